The van der Waals surface area contributed by atoms with E-state index in [9.17, 15) is 9.59 Å². The third-order valence-corrected chi connectivity index (χ3v) is 6.71. The zero-order valence-corrected chi connectivity index (χ0v) is 25.3. The summed E-state index contributed by atoms with van der Waals surface area (Å²) in [6.45, 7) is 11.3. The van der Waals surface area contributed by atoms with Crippen LogP contribution in [0, 0.1) is 20.8 Å². The number of likely N-dealkylation sites (N-methyl/N-ethyl adjacent to an activating group) is 2. The van der Waals surface area contributed by atoms with E-state index in [1.54, 1.807) is 19.0 Å². The molecule has 0 fully saturated rings. The Morgan fingerprint density at radius 2 is 1.75 bits per heavy atom. The summed E-state index contributed by atoms with van der Waals surface area (Å²) >= 11 is 0. The predicted molar refractivity (Wildman–Crippen MR) is 161 cm³/mol. The van der Waals surface area contributed by atoms with Crippen LogP contribution >= 0.6 is 24.8 Å². The average molecular weight is 593 g/mol. The SMILES string of the molecule is CCNCCNC(=O)CN(CC(=O)N(C)N1Cc2ccc(C)cc2C1)c1ccc(-c2noc(C)n2)cc1C.Cl.Cl. The van der Waals surface area contributed by atoms with Crippen LogP contribution in [0.15, 0.2) is 40.9 Å². The van der Waals surface area contributed by atoms with Crippen molar-refractivity contribution in [1.82, 2.24) is 30.8 Å². The molecule has 218 valence electrons. The summed E-state index contributed by atoms with van der Waals surface area (Å²) in [5, 5.41) is 13.9. The van der Waals surface area contributed by atoms with Crippen LogP contribution in [0.2, 0.25) is 0 Å². The number of anilines is 1. The molecular formula is C28H39Cl2N7O3. The number of rotatable bonds is 11. The number of hydrogen-bond acceptors (Lipinski definition) is 8. The molecule has 1 aliphatic heterocycles. The molecule has 1 aromatic heterocycles. The number of aryl methyl sites for hydroxylation is 3. The minimum absolute atomic E-state index is 0. The molecule has 0 bridgehead atoms. The number of hydrazine groups is 1. The van der Waals surface area contributed by atoms with Crippen LogP contribution in [0.4, 0.5) is 5.69 Å². The highest BCUT2D eigenvalue weighted by Gasteiger charge is 2.27. The molecule has 4 rings (SSSR count). The lowest BCUT2D eigenvalue weighted by Crippen LogP contribution is -2.48. The molecule has 0 atom stereocenters. The van der Waals surface area contributed by atoms with E-state index < -0.39 is 0 Å². The summed E-state index contributed by atoms with van der Waals surface area (Å²) < 4.78 is 5.12. The van der Waals surface area contributed by atoms with Gasteiger partial charge in [0.15, 0.2) is 0 Å². The molecule has 0 saturated carbocycles. The molecule has 12 heteroatoms. The molecule has 2 heterocycles. The Bertz CT molecular complexity index is 1300. The van der Waals surface area contributed by atoms with Crippen molar-refractivity contribution in [2.24, 2.45) is 0 Å². The van der Waals surface area contributed by atoms with Gasteiger partial charge in [0, 0.05) is 51.4 Å². The van der Waals surface area contributed by atoms with E-state index in [1.807, 2.05) is 42.0 Å². The highest BCUT2D eigenvalue weighted by atomic mass is 35.5. The van der Waals surface area contributed by atoms with Crippen molar-refractivity contribution in [2.45, 2.75) is 40.8 Å². The van der Waals surface area contributed by atoms with Gasteiger partial charge in [-0.05, 0) is 55.3 Å². The average Bonchev–Trinajstić information content (AvgIpc) is 3.51. The maximum Gasteiger partial charge on any atom is 0.256 e. The zero-order valence-electron chi connectivity index (χ0n) is 23.7. The van der Waals surface area contributed by atoms with E-state index in [2.05, 4.69) is 45.9 Å². The van der Waals surface area contributed by atoms with Crippen molar-refractivity contribution >= 4 is 42.3 Å². The van der Waals surface area contributed by atoms with E-state index in [1.165, 1.54) is 16.7 Å². The number of carbonyl (C=O) groups excluding carboxylic acids is 2. The van der Waals surface area contributed by atoms with E-state index in [0.717, 1.165) is 23.4 Å². The summed E-state index contributed by atoms with van der Waals surface area (Å²) in [5.74, 6) is 0.766. The first kappa shape index (κ1) is 33.0. The second-order valence-electron chi connectivity index (χ2n) is 9.71. The Balaban J connectivity index is 0.00000280. The summed E-state index contributed by atoms with van der Waals surface area (Å²) in [6, 6.07) is 12.1. The zero-order chi connectivity index (χ0) is 27.2. The highest BCUT2D eigenvalue weighted by molar-refractivity contribution is 5.87. The Kier molecular flexibility index (Phi) is 12.4. The van der Waals surface area contributed by atoms with Crippen molar-refractivity contribution in [3.63, 3.8) is 0 Å². The van der Waals surface area contributed by atoms with Gasteiger partial charge in [-0.2, -0.15) is 4.98 Å². The smallest absolute Gasteiger partial charge is 0.256 e. The maximum absolute atomic E-state index is 13.5. The molecule has 2 N–H and O–H groups in total. The molecule has 0 unspecified atom stereocenters. The molecule has 40 heavy (non-hydrogen) atoms. The lowest BCUT2D eigenvalue weighted by molar-refractivity contribution is -0.145. The number of aromatic nitrogens is 2. The monoisotopic (exact) mass is 591 g/mol. The van der Waals surface area contributed by atoms with Gasteiger partial charge in [-0.15, -0.1) is 24.8 Å². The summed E-state index contributed by atoms with van der Waals surface area (Å²) in [6.07, 6.45) is 0. The third kappa shape index (κ3) is 8.17. The largest absolute Gasteiger partial charge is 0.353 e. The second kappa shape index (κ2) is 15.0. The first-order valence-electron chi connectivity index (χ1n) is 13.0. The lowest BCUT2D eigenvalue weighted by Gasteiger charge is -2.32. The number of nitrogens with zero attached hydrogens (tertiary/aromatic N) is 5. The predicted octanol–water partition coefficient (Wildman–Crippen LogP) is 3.43. The molecule has 1 aliphatic rings. The molecule has 0 spiro atoms. The van der Waals surface area contributed by atoms with Crippen molar-refractivity contribution < 1.29 is 14.1 Å². The molecule has 0 radical (unpaired) electrons. The normalized spacial score (nSPS) is 12.2. The second-order valence-corrected chi connectivity index (χ2v) is 9.71. The van der Waals surface area contributed by atoms with Crippen molar-refractivity contribution in [1.29, 1.82) is 0 Å². The van der Waals surface area contributed by atoms with Crippen molar-refractivity contribution in [2.75, 3.05) is 44.7 Å². The lowest BCUT2D eigenvalue weighted by atomic mass is 10.1. The minimum atomic E-state index is -0.139. The molecule has 2 amide bonds. The molecule has 0 saturated heterocycles. The van der Waals surface area contributed by atoms with Crippen LogP contribution in [-0.2, 0) is 22.7 Å². The molecule has 10 nitrogen and oxygen atoms in total. The van der Waals surface area contributed by atoms with E-state index in [4.69, 9.17) is 4.52 Å². The highest BCUT2D eigenvalue weighted by Crippen LogP contribution is 2.27. The molecule has 0 aliphatic carbocycles. The Hall–Kier alpha value is -3.18. The van der Waals surface area contributed by atoms with Gasteiger partial charge in [-0.25, -0.2) is 5.01 Å². The first-order chi connectivity index (χ1) is 18.2. The van der Waals surface area contributed by atoms with Crippen LogP contribution in [0.1, 0.15) is 35.1 Å². The number of benzene rings is 2. The van der Waals surface area contributed by atoms with Crippen molar-refractivity contribution in [3.05, 3.63) is 64.5 Å². The fraction of sp³-hybridized carbons (Fsp3) is 0.429. The summed E-state index contributed by atoms with van der Waals surface area (Å²) in [4.78, 5) is 32.4. The fourth-order valence-corrected chi connectivity index (χ4v) is 4.63. The third-order valence-electron chi connectivity index (χ3n) is 6.71. The molecule has 3 aromatic rings. The number of carbonyl (C=O) groups is 2. The van der Waals surface area contributed by atoms with Crippen LogP contribution in [0.25, 0.3) is 11.4 Å². The van der Waals surface area contributed by atoms with E-state index >= 15 is 0 Å². The molecule has 2 aromatic carbocycles. The van der Waals surface area contributed by atoms with Crippen LogP contribution in [-0.4, -0.2) is 71.7 Å². The summed E-state index contributed by atoms with van der Waals surface area (Å²) in [5.41, 5.74) is 6.20. The van der Waals surface area contributed by atoms with Gasteiger partial charge < -0.3 is 20.1 Å². The standard InChI is InChI=1S/C28H37N7O3.2ClH/c1-6-29-11-12-30-26(36)17-34(25-10-9-22(14-20(25)3)28-31-21(4)38-32-28)18-27(37)33(5)35-15-23-8-7-19(2)13-24(23)16-35;;/h7-10,13-14,29H,6,11-12,15-18H2,1-5H3,(H,30,36);2*1H. The van der Waals surface area contributed by atoms with Crippen LogP contribution < -0.4 is 15.5 Å². The van der Waals surface area contributed by atoms with E-state index in [-0.39, 0.29) is 49.7 Å². The van der Waals surface area contributed by atoms with Gasteiger partial charge in [0.2, 0.25) is 17.6 Å². The minimum Gasteiger partial charge on any atom is -0.353 e. The van der Waals surface area contributed by atoms with Crippen LogP contribution in [0.3, 0.4) is 0 Å². The number of halogens is 2. The Morgan fingerprint density at radius 1 is 1.00 bits per heavy atom. The maximum atomic E-state index is 13.5. The summed E-state index contributed by atoms with van der Waals surface area (Å²) in [7, 11) is 1.80. The number of nitrogens with one attached hydrogen (secondary N) is 2. The number of amides is 2. The van der Waals surface area contributed by atoms with Gasteiger partial charge in [-0.1, -0.05) is 35.8 Å². The van der Waals surface area contributed by atoms with Crippen molar-refractivity contribution in [3.8, 4) is 11.4 Å². The number of hydrogen-bond donors (Lipinski definition) is 2. The fourth-order valence-electron chi connectivity index (χ4n) is 4.63. The topological polar surface area (TPSA) is 107 Å². The Morgan fingerprint density at radius 3 is 2.42 bits per heavy atom. The molecular weight excluding hydrogens is 553 g/mol. The van der Waals surface area contributed by atoms with Gasteiger partial charge in [0.05, 0.1) is 13.1 Å². The van der Waals surface area contributed by atoms with Gasteiger partial charge >= 0.3 is 0 Å². The Labute approximate surface area is 248 Å². The van der Waals surface area contributed by atoms with Crippen LogP contribution in [0.5, 0.6) is 0 Å². The first-order valence-corrected chi connectivity index (χ1v) is 13.0. The van der Waals surface area contributed by atoms with Gasteiger partial charge in [0.25, 0.3) is 5.91 Å². The van der Waals surface area contributed by atoms with Gasteiger partial charge in [-0.3, -0.25) is 14.6 Å². The quantitative estimate of drug-likeness (QED) is 0.327. The van der Waals surface area contributed by atoms with Gasteiger partial charge in [0.1, 0.15) is 0 Å². The number of fused-ring (bicyclic) bond motifs is 1. The van der Waals surface area contributed by atoms with E-state index in [0.29, 0.717) is 37.9 Å².